The summed E-state index contributed by atoms with van der Waals surface area (Å²) in [5, 5.41) is 6.10. The zero-order valence-electron chi connectivity index (χ0n) is 13.0. The van der Waals surface area contributed by atoms with E-state index in [0.29, 0.717) is 18.1 Å². The van der Waals surface area contributed by atoms with Crippen LogP contribution in [-0.2, 0) is 0 Å². The number of hydrogen-bond acceptors (Lipinski definition) is 4. The molecule has 2 rings (SSSR count). The van der Waals surface area contributed by atoms with Crippen molar-refractivity contribution in [3.63, 3.8) is 0 Å². The molecule has 0 fully saturated rings. The van der Waals surface area contributed by atoms with Crippen molar-refractivity contribution < 1.29 is 9.53 Å². The molecule has 0 spiro atoms. The van der Waals surface area contributed by atoms with Crippen LogP contribution in [-0.4, -0.2) is 18.2 Å². The van der Waals surface area contributed by atoms with Gasteiger partial charge in [-0.15, -0.1) is 11.3 Å². The number of amides is 1. The second-order valence-corrected chi connectivity index (χ2v) is 6.29. The van der Waals surface area contributed by atoms with Crippen molar-refractivity contribution in [2.45, 2.75) is 20.8 Å². The van der Waals surface area contributed by atoms with Crippen LogP contribution in [0.1, 0.15) is 36.0 Å². The predicted molar refractivity (Wildman–Crippen MR) is 90.8 cm³/mol. The van der Waals surface area contributed by atoms with Gasteiger partial charge in [0.25, 0.3) is 5.91 Å². The minimum absolute atomic E-state index is 0.230. The largest absolute Gasteiger partial charge is 0.493 e. The Labute approximate surface area is 134 Å². The molecule has 1 aromatic heterocycles. The lowest BCUT2D eigenvalue weighted by Gasteiger charge is -2.09. The third-order valence-electron chi connectivity index (χ3n) is 2.90. The molecule has 0 aliphatic carbocycles. The summed E-state index contributed by atoms with van der Waals surface area (Å²) < 4.78 is 5.59. The molecule has 0 unspecified atom stereocenters. The Morgan fingerprint density at radius 3 is 2.59 bits per heavy atom. The predicted octanol–water partition coefficient (Wildman–Crippen LogP) is 3.94. The van der Waals surface area contributed by atoms with Crippen molar-refractivity contribution in [3.8, 4) is 5.75 Å². The summed E-state index contributed by atoms with van der Waals surface area (Å²) in [4.78, 5) is 13.1. The summed E-state index contributed by atoms with van der Waals surface area (Å²) >= 11 is 1.59. The molecule has 1 aromatic carbocycles. The standard InChI is InChI=1S/C17H20N2O2S/c1-12(2)11-21-15-8-6-14(7-9-15)17(20)19-18-13(3)16-5-4-10-22-16/h4-10,12H,11H2,1-3H3,(H,19,20)/b18-13+. The topological polar surface area (TPSA) is 50.7 Å². The van der Waals surface area contributed by atoms with Gasteiger partial charge in [-0.25, -0.2) is 5.43 Å². The Morgan fingerprint density at radius 1 is 1.27 bits per heavy atom. The van der Waals surface area contributed by atoms with Crippen LogP contribution in [0, 0.1) is 5.92 Å². The van der Waals surface area contributed by atoms with E-state index in [9.17, 15) is 4.79 Å². The highest BCUT2D eigenvalue weighted by Crippen LogP contribution is 2.13. The molecule has 4 nitrogen and oxygen atoms in total. The highest BCUT2D eigenvalue weighted by atomic mass is 32.1. The molecular weight excluding hydrogens is 296 g/mol. The van der Waals surface area contributed by atoms with Gasteiger partial charge in [0, 0.05) is 10.4 Å². The zero-order chi connectivity index (χ0) is 15.9. The van der Waals surface area contributed by atoms with E-state index in [-0.39, 0.29) is 5.91 Å². The Bertz CT molecular complexity index is 631. The molecule has 5 heteroatoms. The van der Waals surface area contributed by atoms with E-state index in [1.165, 1.54) is 0 Å². The minimum atomic E-state index is -0.230. The van der Waals surface area contributed by atoms with Crippen LogP contribution in [0.25, 0.3) is 0 Å². The van der Waals surface area contributed by atoms with Crippen LogP contribution in [0.5, 0.6) is 5.75 Å². The van der Waals surface area contributed by atoms with Gasteiger partial charge in [-0.2, -0.15) is 5.10 Å². The quantitative estimate of drug-likeness (QED) is 0.648. The minimum Gasteiger partial charge on any atom is -0.493 e. The average molecular weight is 316 g/mol. The van der Waals surface area contributed by atoms with Crippen LogP contribution >= 0.6 is 11.3 Å². The lowest BCUT2D eigenvalue weighted by atomic mass is 10.2. The van der Waals surface area contributed by atoms with Gasteiger partial charge in [0.15, 0.2) is 0 Å². The highest BCUT2D eigenvalue weighted by molar-refractivity contribution is 7.12. The molecule has 0 bridgehead atoms. The average Bonchev–Trinajstić information content (AvgIpc) is 3.05. The Hall–Kier alpha value is -2.14. The molecule has 0 radical (unpaired) electrons. The summed E-state index contributed by atoms with van der Waals surface area (Å²) in [5.41, 5.74) is 3.92. The smallest absolute Gasteiger partial charge is 0.271 e. The number of ether oxygens (including phenoxy) is 1. The monoisotopic (exact) mass is 316 g/mol. The van der Waals surface area contributed by atoms with Crippen molar-refractivity contribution in [2.75, 3.05) is 6.61 Å². The molecular formula is C17H20N2O2S. The van der Waals surface area contributed by atoms with Crippen molar-refractivity contribution in [2.24, 2.45) is 11.0 Å². The van der Waals surface area contributed by atoms with Crippen LogP contribution in [0.2, 0.25) is 0 Å². The van der Waals surface area contributed by atoms with Crippen molar-refractivity contribution in [1.82, 2.24) is 5.43 Å². The SMILES string of the molecule is C/C(=N\NC(=O)c1ccc(OCC(C)C)cc1)c1cccs1. The van der Waals surface area contributed by atoms with Gasteiger partial charge in [0.1, 0.15) is 5.75 Å². The maximum absolute atomic E-state index is 12.0. The number of hydrazone groups is 1. The van der Waals surface area contributed by atoms with E-state index in [4.69, 9.17) is 4.74 Å². The van der Waals surface area contributed by atoms with Crippen LogP contribution in [0.15, 0.2) is 46.9 Å². The van der Waals surface area contributed by atoms with Gasteiger partial charge in [0.05, 0.1) is 12.3 Å². The molecule has 1 N–H and O–H groups in total. The molecule has 2 aromatic rings. The van der Waals surface area contributed by atoms with E-state index in [1.54, 1.807) is 35.6 Å². The maximum Gasteiger partial charge on any atom is 0.271 e. The third kappa shape index (κ3) is 4.70. The van der Waals surface area contributed by atoms with Gasteiger partial charge in [-0.3, -0.25) is 4.79 Å². The third-order valence-corrected chi connectivity index (χ3v) is 3.88. The van der Waals surface area contributed by atoms with E-state index in [2.05, 4.69) is 24.4 Å². The zero-order valence-corrected chi connectivity index (χ0v) is 13.8. The first-order valence-corrected chi connectivity index (χ1v) is 8.05. The van der Waals surface area contributed by atoms with E-state index in [1.807, 2.05) is 24.4 Å². The van der Waals surface area contributed by atoms with Gasteiger partial charge in [-0.1, -0.05) is 19.9 Å². The summed E-state index contributed by atoms with van der Waals surface area (Å²) in [7, 11) is 0. The molecule has 22 heavy (non-hydrogen) atoms. The molecule has 0 atom stereocenters. The van der Waals surface area contributed by atoms with Crippen LogP contribution in [0.3, 0.4) is 0 Å². The first kappa shape index (κ1) is 16.2. The van der Waals surface area contributed by atoms with Crippen LogP contribution in [0.4, 0.5) is 0 Å². The van der Waals surface area contributed by atoms with Crippen molar-refractivity contribution >= 4 is 23.0 Å². The number of carbonyl (C=O) groups excluding carboxylic acids is 1. The fourth-order valence-corrected chi connectivity index (χ4v) is 2.38. The number of thiophene rings is 1. The van der Waals surface area contributed by atoms with Gasteiger partial charge in [0.2, 0.25) is 0 Å². The number of benzene rings is 1. The van der Waals surface area contributed by atoms with E-state index in [0.717, 1.165) is 16.3 Å². The maximum atomic E-state index is 12.0. The van der Waals surface area contributed by atoms with E-state index < -0.39 is 0 Å². The first-order valence-electron chi connectivity index (χ1n) is 7.17. The molecule has 116 valence electrons. The molecule has 0 saturated heterocycles. The van der Waals surface area contributed by atoms with Gasteiger partial charge < -0.3 is 4.74 Å². The molecule has 0 saturated carbocycles. The number of nitrogens with one attached hydrogen (secondary N) is 1. The molecule has 0 aliphatic heterocycles. The van der Waals surface area contributed by atoms with Gasteiger partial charge >= 0.3 is 0 Å². The summed E-state index contributed by atoms with van der Waals surface area (Å²) in [6, 6.07) is 11.0. The first-order chi connectivity index (χ1) is 10.6. The fourth-order valence-electron chi connectivity index (χ4n) is 1.70. The second kappa shape index (κ2) is 7.75. The Kier molecular flexibility index (Phi) is 5.72. The Morgan fingerprint density at radius 2 is 2.00 bits per heavy atom. The second-order valence-electron chi connectivity index (χ2n) is 5.34. The number of hydrogen-bond donors (Lipinski definition) is 1. The van der Waals surface area contributed by atoms with Crippen molar-refractivity contribution in [3.05, 3.63) is 52.2 Å². The normalized spacial score (nSPS) is 11.5. The summed E-state index contributed by atoms with van der Waals surface area (Å²) in [5.74, 6) is 1.01. The van der Waals surface area contributed by atoms with Gasteiger partial charge in [-0.05, 0) is 48.6 Å². The molecule has 1 heterocycles. The summed E-state index contributed by atoms with van der Waals surface area (Å²) in [6.07, 6.45) is 0. The van der Waals surface area contributed by atoms with E-state index >= 15 is 0 Å². The molecule has 0 aliphatic rings. The summed E-state index contributed by atoms with van der Waals surface area (Å²) in [6.45, 7) is 6.72. The lowest BCUT2D eigenvalue weighted by Crippen LogP contribution is -2.19. The Balaban J connectivity index is 1.94. The van der Waals surface area contributed by atoms with Crippen LogP contribution < -0.4 is 10.2 Å². The molecule has 1 amide bonds. The van der Waals surface area contributed by atoms with Crippen molar-refractivity contribution in [1.29, 1.82) is 0 Å². The number of carbonyl (C=O) groups is 1. The number of nitrogens with zero attached hydrogens (tertiary/aromatic N) is 1. The fraction of sp³-hybridized carbons (Fsp3) is 0.294. The highest BCUT2D eigenvalue weighted by Gasteiger charge is 2.06. The number of rotatable bonds is 6. The lowest BCUT2D eigenvalue weighted by molar-refractivity contribution is 0.0955.